The molecule has 0 radical (unpaired) electrons. The van der Waals surface area contributed by atoms with Crippen LogP contribution in [0, 0.1) is 0 Å². The van der Waals surface area contributed by atoms with Gasteiger partial charge in [-0.2, -0.15) is 21.8 Å². The standard InChI is InChI=1S/C19H21FN6O3S.C2H6O3S/c1-19(2)25-17(21)24-18(22)26(19)14-5-3-4-12(10-14)11-16(27)23-13-6-8-15(9-7-13)30(20,28)29;1-2-6(3,4)5/h3-10H,11H2,1-2H3,(H,23,27)(H4,21,22,24,25);2H2,1H3,(H,3,4,5). The van der Waals surface area contributed by atoms with Crippen molar-refractivity contribution in [2.45, 2.75) is 37.8 Å². The lowest BCUT2D eigenvalue weighted by Gasteiger charge is -2.38. The molecule has 2 aromatic rings. The van der Waals surface area contributed by atoms with Crippen molar-refractivity contribution in [2.24, 2.45) is 21.5 Å². The Bertz CT molecular complexity index is 1390. The minimum absolute atomic E-state index is 0.0493. The fraction of sp³-hybridized carbons (Fsp3) is 0.286. The fourth-order valence-corrected chi connectivity index (χ4v) is 3.61. The van der Waals surface area contributed by atoms with Crippen molar-refractivity contribution in [3.05, 3.63) is 54.1 Å². The molecule has 0 unspecified atom stereocenters. The van der Waals surface area contributed by atoms with Gasteiger partial charge in [0.2, 0.25) is 17.8 Å². The van der Waals surface area contributed by atoms with E-state index in [0.29, 0.717) is 16.9 Å². The zero-order valence-corrected chi connectivity index (χ0v) is 21.3. The van der Waals surface area contributed by atoms with E-state index in [1.54, 1.807) is 23.1 Å². The van der Waals surface area contributed by atoms with Crippen molar-refractivity contribution in [3.8, 4) is 0 Å². The van der Waals surface area contributed by atoms with E-state index in [9.17, 15) is 25.5 Å². The molecule has 0 aromatic heterocycles. The lowest BCUT2D eigenvalue weighted by molar-refractivity contribution is -0.115. The molecule has 0 atom stereocenters. The molecule has 0 bridgehead atoms. The number of nitrogens with two attached hydrogens (primary N) is 2. The molecule has 0 spiro atoms. The zero-order valence-electron chi connectivity index (χ0n) is 19.7. The molecule has 1 aliphatic rings. The number of hydrogen-bond donors (Lipinski definition) is 4. The Kier molecular flexibility index (Phi) is 8.77. The fourth-order valence-electron chi connectivity index (χ4n) is 3.15. The molecule has 15 heteroatoms. The molecular weight excluding hydrogens is 515 g/mol. The smallest absolute Gasteiger partial charge is 0.332 e. The van der Waals surface area contributed by atoms with E-state index in [4.69, 9.17) is 16.0 Å². The maximum atomic E-state index is 12.9. The second kappa shape index (κ2) is 11.0. The number of aliphatic imine (C=N–C) groups is 2. The van der Waals surface area contributed by atoms with Gasteiger partial charge < -0.3 is 16.8 Å². The zero-order chi connectivity index (χ0) is 27.3. The van der Waals surface area contributed by atoms with E-state index in [1.807, 2.05) is 19.9 Å². The Morgan fingerprint density at radius 2 is 1.69 bits per heavy atom. The molecule has 1 amide bonds. The number of halogens is 1. The van der Waals surface area contributed by atoms with Crippen molar-refractivity contribution < 1.29 is 30.1 Å². The second-order valence-electron chi connectivity index (χ2n) is 8.00. The highest BCUT2D eigenvalue weighted by Crippen LogP contribution is 2.28. The van der Waals surface area contributed by atoms with Crippen molar-refractivity contribution in [1.82, 2.24) is 0 Å². The van der Waals surface area contributed by atoms with Gasteiger partial charge in [0.1, 0.15) is 5.66 Å². The van der Waals surface area contributed by atoms with Crippen LogP contribution >= 0.6 is 0 Å². The Morgan fingerprint density at radius 1 is 1.11 bits per heavy atom. The number of carbonyl (C=O) groups excluding carboxylic acids is 1. The molecule has 0 saturated carbocycles. The normalized spacial score (nSPS) is 15.2. The molecule has 12 nitrogen and oxygen atoms in total. The van der Waals surface area contributed by atoms with Gasteiger partial charge in [-0.1, -0.05) is 12.1 Å². The van der Waals surface area contributed by atoms with Gasteiger partial charge in [-0.25, -0.2) is 4.99 Å². The van der Waals surface area contributed by atoms with Gasteiger partial charge in [0.25, 0.3) is 10.1 Å². The summed E-state index contributed by atoms with van der Waals surface area (Å²) in [5, 5.41) is 2.64. The van der Waals surface area contributed by atoms with E-state index in [1.165, 1.54) is 19.1 Å². The molecule has 0 fully saturated rings. The van der Waals surface area contributed by atoms with E-state index < -0.39 is 30.9 Å². The van der Waals surface area contributed by atoms with Crippen LogP contribution in [0.2, 0.25) is 0 Å². The summed E-state index contributed by atoms with van der Waals surface area (Å²) < 4.78 is 61.6. The summed E-state index contributed by atoms with van der Waals surface area (Å²) in [6.45, 7) is 5.04. The van der Waals surface area contributed by atoms with Crippen LogP contribution in [0.15, 0.2) is 63.4 Å². The quantitative estimate of drug-likeness (QED) is 0.309. The summed E-state index contributed by atoms with van der Waals surface area (Å²) in [6, 6.07) is 12.0. The van der Waals surface area contributed by atoms with Crippen LogP contribution in [0.4, 0.5) is 15.3 Å². The predicted octanol–water partition coefficient (Wildman–Crippen LogP) is 1.61. The minimum Gasteiger partial charge on any atom is -0.369 e. The van der Waals surface area contributed by atoms with Gasteiger partial charge in [0.15, 0.2) is 0 Å². The maximum Gasteiger partial charge on any atom is 0.332 e. The Hall–Kier alpha value is -3.56. The number of amides is 1. The van der Waals surface area contributed by atoms with Gasteiger partial charge >= 0.3 is 10.2 Å². The molecule has 1 aliphatic heterocycles. The lowest BCUT2D eigenvalue weighted by atomic mass is 10.1. The number of hydrogen-bond acceptors (Lipinski definition) is 10. The van der Waals surface area contributed by atoms with Crippen LogP contribution in [0.25, 0.3) is 0 Å². The summed E-state index contributed by atoms with van der Waals surface area (Å²) >= 11 is 0. The topological polar surface area (TPSA) is 198 Å². The molecular formula is C21H27FN6O6S2. The average Bonchev–Trinajstić information content (AvgIpc) is 2.72. The molecule has 0 saturated heterocycles. The maximum absolute atomic E-state index is 12.9. The highest BCUT2D eigenvalue weighted by atomic mass is 32.3. The van der Waals surface area contributed by atoms with E-state index in [-0.39, 0.29) is 30.0 Å². The van der Waals surface area contributed by atoms with E-state index in [0.717, 1.165) is 12.1 Å². The SMILES string of the molecule is CC1(C)N=C(N)N=C(N)N1c1cccc(CC(=O)Nc2ccc(S(=O)(=O)F)cc2)c1.CCS(=O)(=O)O. The first-order valence-electron chi connectivity index (χ1n) is 10.4. The molecule has 196 valence electrons. The van der Waals surface area contributed by atoms with Gasteiger partial charge in [-0.3, -0.25) is 14.2 Å². The number of rotatable bonds is 6. The Labute approximate surface area is 208 Å². The van der Waals surface area contributed by atoms with Gasteiger partial charge in [0.05, 0.1) is 17.1 Å². The highest BCUT2D eigenvalue weighted by Gasteiger charge is 2.33. The Morgan fingerprint density at radius 3 is 2.19 bits per heavy atom. The summed E-state index contributed by atoms with van der Waals surface area (Å²) in [7, 11) is -8.45. The molecule has 36 heavy (non-hydrogen) atoms. The molecule has 0 aliphatic carbocycles. The third kappa shape index (κ3) is 8.28. The molecule has 2 aromatic carbocycles. The number of nitrogens with one attached hydrogen (secondary N) is 1. The summed E-state index contributed by atoms with van der Waals surface area (Å²) in [6.07, 6.45) is 0.0493. The number of nitrogens with zero attached hydrogens (tertiary/aromatic N) is 3. The molecule has 1 heterocycles. The van der Waals surface area contributed by atoms with Crippen molar-refractivity contribution in [2.75, 3.05) is 16.0 Å². The van der Waals surface area contributed by atoms with Crippen LogP contribution < -0.4 is 21.7 Å². The third-order valence-electron chi connectivity index (χ3n) is 4.71. The van der Waals surface area contributed by atoms with Crippen LogP contribution in [0.1, 0.15) is 26.3 Å². The van der Waals surface area contributed by atoms with Crippen LogP contribution in [-0.4, -0.2) is 50.6 Å². The lowest BCUT2D eigenvalue weighted by Crippen LogP contribution is -2.54. The van der Waals surface area contributed by atoms with E-state index in [2.05, 4.69) is 15.3 Å². The first kappa shape index (κ1) is 28.7. The second-order valence-corrected chi connectivity index (χ2v) is 11.1. The van der Waals surface area contributed by atoms with Crippen LogP contribution in [0.3, 0.4) is 0 Å². The number of guanidine groups is 2. The van der Waals surface area contributed by atoms with Gasteiger partial charge in [-0.05, 0) is 62.7 Å². The molecule has 6 N–H and O–H groups in total. The first-order valence-corrected chi connectivity index (χ1v) is 13.4. The average molecular weight is 543 g/mol. The highest BCUT2D eigenvalue weighted by molar-refractivity contribution is 7.86. The summed E-state index contributed by atoms with van der Waals surface area (Å²) in [5.74, 6) is -0.245. The minimum atomic E-state index is -4.78. The van der Waals surface area contributed by atoms with Crippen LogP contribution in [-0.2, 0) is 31.6 Å². The monoisotopic (exact) mass is 542 g/mol. The predicted molar refractivity (Wildman–Crippen MR) is 135 cm³/mol. The van der Waals surface area contributed by atoms with Crippen LogP contribution in [0.5, 0.6) is 0 Å². The van der Waals surface area contributed by atoms with Gasteiger partial charge in [0, 0.05) is 11.4 Å². The van der Waals surface area contributed by atoms with Crippen molar-refractivity contribution in [3.63, 3.8) is 0 Å². The number of benzene rings is 2. The largest absolute Gasteiger partial charge is 0.369 e. The Balaban J connectivity index is 0.000000678. The summed E-state index contributed by atoms with van der Waals surface area (Å²) in [4.78, 5) is 21.9. The third-order valence-corrected chi connectivity index (χ3v) is 6.28. The van der Waals surface area contributed by atoms with Crippen molar-refractivity contribution >= 4 is 49.5 Å². The van der Waals surface area contributed by atoms with Gasteiger partial charge in [-0.15, -0.1) is 3.89 Å². The number of anilines is 2. The first-order chi connectivity index (χ1) is 16.5. The summed E-state index contributed by atoms with van der Waals surface area (Å²) in [5.41, 5.74) is 12.7. The van der Waals surface area contributed by atoms with Crippen molar-refractivity contribution in [1.29, 1.82) is 0 Å². The number of carbonyl (C=O) groups is 1. The van der Waals surface area contributed by atoms with E-state index >= 15 is 0 Å². The molecule has 3 rings (SSSR count).